The van der Waals surface area contributed by atoms with Crippen LogP contribution < -0.4 is 0 Å². The average molecular weight is 592 g/mol. The first-order valence-electron chi connectivity index (χ1n) is 10.8. The van der Waals surface area contributed by atoms with Crippen molar-refractivity contribution in [3.8, 4) is 0 Å². The fourth-order valence-corrected chi connectivity index (χ4v) is 3.12. The fraction of sp³-hybridized carbons (Fsp3) is 0.0800. The zero-order valence-corrected chi connectivity index (χ0v) is 22.4. The Morgan fingerprint density at radius 1 is 0.868 bits per heavy atom. The van der Waals surface area contributed by atoms with Crippen molar-refractivity contribution in [1.29, 1.82) is 0 Å². The van der Waals surface area contributed by atoms with Gasteiger partial charge in [0.25, 0.3) is 7.12 Å². The SMILES string of the molecule is CC1=CN(C(=O)OCc2ccccc2)C=C[CH]1.[C-]#[O+].[C-]#[O+].[Mo].c1cnn([B-](n2cccn2)n2cccn2)c1. The summed E-state index contributed by atoms with van der Waals surface area (Å²) < 4.78 is 25.6. The van der Waals surface area contributed by atoms with Gasteiger partial charge in [-0.3, -0.25) is 4.90 Å². The largest absolute Gasteiger partial charge is 0.425 e. The van der Waals surface area contributed by atoms with Crippen LogP contribution in [0.4, 0.5) is 4.79 Å². The van der Waals surface area contributed by atoms with Crippen LogP contribution >= 0.6 is 0 Å². The molecule has 0 atom stereocenters. The number of nitrogens with zero attached hydrogens (tertiary/aromatic N) is 7. The Kier molecular flexibility index (Phi) is 15.2. The van der Waals surface area contributed by atoms with Gasteiger partial charge < -0.3 is 18.5 Å². The van der Waals surface area contributed by atoms with E-state index in [1.54, 1.807) is 44.8 Å². The third kappa shape index (κ3) is 9.71. The molecule has 1 aliphatic rings. The first-order valence-corrected chi connectivity index (χ1v) is 10.8. The van der Waals surface area contributed by atoms with Crippen LogP contribution in [0.1, 0.15) is 12.5 Å². The maximum absolute atomic E-state index is 11.7. The third-order valence-electron chi connectivity index (χ3n) is 4.65. The molecule has 0 aliphatic carbocycles. The van der Waals surface area contributed by atoms with E-state index in [2.05, 4.69) is 28.6 Å². The molecule has 0 saturated heterocycles. The molecule has 13 heteroatoms. The Hall–Kier alpha value is -4.17. The molecule has 192 valence electrons. The zero-order valence-electron chi connectivity index (χ0n) is 20.3. The second-order valence-electron chi connectivity index (χ2n) is 7.13. The van der Waals surface area contributed by atoms with Gasteiger partial charge in [-0.15, -0.1) is 0 Å². The Morgan fingerprint density at radius 2 is 1.37 bits per heavy atom. The van der Waals surface area contributed by atoms with Gasteiger partial charge in [0.1, 0.15) is 6.61 Å². The van der Waals surface area contributed by atoms with Crippen molar-refractivity contribution in [2.45, 2.75) is 13.5 Å². The quantitative estimate of drug-likeness (QED) is 0.200. The summed E-state index contributed by atoms with van der Waals surface area (Å²) in [5.41, 5.74) is 2.00. The summed E-state index contributed by atoms with van der Waals surface area (Å²) >= 11 is 0. The summed E-state index contributed by atoms with van der Waals surface area (Å²) in [6, 6.07) is 15.2. The molecule has 0 fully saturated rings. The third-order valence-corrected chi connectivity index (χ3v) is 4.65. The van der Waals surface area contributed by atoms with Crippen LogP contribution in [0, 0.1) is 19.7 Å². The number of hydrogen-bond acceptors (Lipinski definition) is 5. The summed E-state index contributed by atoms with van der Waals surface area (Å²) in [7, 11) is -0.194. The molecule has 1 amide bonds. The molecule has 2 radical (unpaired) electrons. The van der Waals surface area contributed by atoms with Gasteiger partial charge in [-0.1, -0.05) is 36.4 Å². The van der Waals surface area contributed by atoms with Crippen molar-refractivity contribution in [2.75, 3.05) is 0 Å². The van der Waals surface area contributed by atoms with Gasteiger partial charge in [-0.25, -0.2) is 20.1 Å². The fourth-order valence-electron chi connectivity index (χ4n) is 3.12. The van der Waals surface area contributed by atoms with Crippen LogP contribution in [0.5, 0.6) is 0 Å². The average Bonchev–Trinajstić information content (AvgIpc) is 3.77. The Labute approximate surface area is 235 Å². The van der Waals surface area contributed by atoms with Crippen molar-refractivity contribution < 1.29 is 39.9 Å². The second kappa shape index (κ2) is 18.1. The van der Waals surface area contributed by atoms with E-state index in [1.165, 1.54) is 4.90 Å². The molecule has 4 aromatic rings. The van der Waals surface area contributed by atoms with Gasteiger partial charge >= 0.3 is 28.7 Å². The number of amides is 1. The predicted octanol–water partition coefficient (Wildman–Crippen LogP) is 3.39. The molecule has 0 N–H and O–H groups in total. The molecule has 38 heavy (non-hydrogen) atoms. The number of aromatic nitrogens is 6. The van der Waals surface area contributed by atoms with Crippen LogP contribution in [-0.2, 0) is 41.7 Å². The normalized spacial score (nSPS) is 11.2. The molecule has 0 saturated carbocycles. The number of ether oxygens (including phenoxy) is 1. The Morgan fingerprint density at radius 3 is 1.79 bits per heavy atom. The summed E-state index contributed by atoms with van der Waals surface area (Å²) in [5, 5.41) is 12.7. The van der Waals surface area contributed by atoms with E-state index in [1.807, 2.05) is 86.5 Å². The summed E-state index contributed by atoms with van der Waals surface area (Å²) in [6.07, 6.45) is 17.7. The predicted molar refractivity (Wildman–Crippen MR) is 132 cm³/mol. The van der Waals surface area contributed by atoms with E-state index in [0.717, 1.165) is 11.1 Å². The van der Waals surface area contributed by atoms with Crippen molar-refractivity contribution in [3.63, 3.8) is 0 Å². The molecule has 3 aromatic heterocycles. The van der Waals surface area contributed by atoms with Crippen LogP contribution in [-0.4, -0.2) is 47.2 Å². The molecule has 4 heterocycles. The molecule has 0 bridgehead atoms. The van der Waals surface area contributed by atoms with Crippen molar-refractivity contribution in [3.05, 3.63) is 135 Å². The first kappa shape index (κ1) is 31.9. The summed E-state index contributed by atoms with van der Waals surface area (Å²) in [4.78, 5) is 13.2. The Balaban J connectivity index is 0.000000329. The Bertz CT molecular complexity index is 1190. The van der Waals surface area contributed by atoms with E-state index >= 15 is 0 Å². The maximum Gasteiger partial charge on any atom is 0.260 e. The van der Waals surface area contributed by atoms with Crippen LogP contribution in [0.25, 0.3) is 0 Å². The van der Waals surface area contributed by atoms with E-state index in [0.29, 0.717) is 6.61 Å². The number of hydrogen-bond donors (Lipinski definition) is 0. The van der Waals surface area contributed by atoms with E-state index in [-0.39, 0.29) is 34.3 Å². The summed E-state index contributed by atoms with van der Waals surface area (Å²) in [5.74, 6) is 0. The molecule has 0 spiro atoms. The van der Waals surface area contributed by atoms with E-state index in [4.69, 9.17) is 14.0 Å². The molecule has 1 aromatic carbocycles. The number of rotatable bonds is 5. The van der Waals surface area contributed by atoms with Crippen LogP contribution in [0.3, 0.4) is 0 Å². The number of carbonyl (C=O) groups is 1. The smallest absolute Gasteiger partial charge is 0.260 e. The standard InChI is InChI=1S/C14H14NO2.C9H9BN6.2CO.Mo/c1-12-6-5-9-15(10-12)14(16)17-11-13-7-3-2-4-8-13;1-4-11-14(7-1)10(15-8-2-5-12-15)16-9-3-6-13-16;2*1-2;/h2-10H,11H2,1H3;1-9H;;;/q;-1;;;. The molecule has 1 aliphatic heterocycles. The van der Waals surface area contributed by atoms with Crippen molar-refractivity contribution in [2.24, 2.45) is 0 Å². The van der Waals surface area contributed by atoms with Gasteiger partial charge in [0.05, 0.1) is 0 Å². The number of carbonyl (C=O) groups excluding carboxylic acids is 1. The molecular formula is C25H23BMoN7O4-. The monoisotopic (exact) mass is 594 g/mol. The van der Waals surface area contributed by atoms with Gasteiger partial charge in [0, 0.05) is 58.5 Å². The number of allylic oxidation sites excluding steroid dienone is 2. The maximum atomic E-state index is 11.7. The first-order chi connectivity index (χ1) is 18.2. The minimum absolute atomic E-state index is 0. The van der Waals surface area contributed by atoms with Crippen molar-refractivity contribution in [1.82, 2.24) is 34.0 Å². The number of benzene rings is 1. The summed E-state index contributed by atoms with van der Waals surface area (Å²) in [6.45, 7) is 11.2. The molecule has 0 unspecified atom stereocenters. The van der Waals surface area contributed by atoms with Gasteiger partial charge in [0.2, 0.25) is 0 Å². The van der Waals surface area contributed by atoms with Gasteiger partial charge in [0.15, 0.2) is 0 Å². The van der Waals surface area contributed by atoms with Crippen molar-refractivity contribution >= 4 is 13.2 Å². The van der Waals surface area contributed by atoms with Crippen LogP contribution in [0.15, 0.2) is 110 Å². The van der Waals surface area contributed by atoms with Gasteiger partial charge in [-0.05, 0) is 54.8 Å². The second-order valence-corrected chi connectivity index (χ2v) is 7.13. The van der Waals surface area contributed by atoms with Gasteiger partial charge in [-0.2, -0.15) is 0 Å². The van der Waals surface area contributed by atoms with E-state index in [9.17, 15) is 4.79 Å². The van der Waals surface area contributed by atoms with Crippen LogP contribution in [0.2, 0.25) is 0 Å². The molecule has 5 rings (SSSR count). The minimum Gasteiger partial charge on any atom is -0.425 e. The topological polar surface area (TPSA) is 123 Å². The zero-order chi connectivity index (χ0) is 26.9. The molecule has 11 nitrogen and oxygen atoms in total. The molecular weight excluding hydrogens is 569 g/mol. The van der Waals surface area contributed by atoms with E-state index < -0.39 is 0 Å². The minimum atomic E-state index is -0.363.